The molecule has 1 aromatic heterocycles. The van der Waals surface area contributed by atoms with Gasteiger partial charge in [-0.05, 0) is 59.9 Å². The topological polar surface area (TPSA) is 65.4 Å². The Morgan fingerprint density at radius 1 is 0.927 bits per heavy atom. The summed E-state index contributed by atoms with van der Waals surface area (Å²) >= 11 is 0. The normalized spacial score (nSPS) is 11.7. The number of imidazole rings is 1. The maximum atomic E-state index is 13.0. The number of carbonyl (C=O) groups excluding carboxylic acids is 1. The van der Waals surface area contributed by atoms with Gasteiger partial charge in [0.25, 0.3) is 0 Å². The van der Waals surface area contributed by atoms with Crippen LogP contribution in [-0.2, 0) is 24.2 Å². The molecular weight excluding hydrogens is 510 g/mol. The number of rotatable bonds is 12. The maximum Gasteiger partial charge on any atom is 0.224 e. The molecule has 41 heavy (non-hydrogen) atoms. The van der Waals surface area contributed by atoms with E-state index in [1.807, 2.05) is 85.8 Å². The first kappa shape index (κ1) is 27.7. The fourth-order valence-electron chi connectivity index (χ4n) is 5.02. The summed E-state index contributed by atoms with van der Waals surface area (Å²) in [5, 5.41) is 3.15. The van der Waals surface area contributed by atoms with E-state index in [-0.39, 0.29) is 11.9 Å². The summed E-state index contributed by atoms with van der Waals surface area (Å²) in [5.41, 5.74) is 6.24. The third-order valence-electron chi connectivity index (χ3n) is 7.06. The SMILES string of the molecule is C=CCc1ccc(OCCn2c(C(C)NC(=O)Cc3ccc(-c4ccccc4)cc3)nc3ccccc32)c(OC)c1. The van der Waals surface area contributed by atoms with Crippen molar-refractivity contribution >= 4 is 16.9 Å². The van der Waals surface area contributed by atoms with Crippen molar-refractivity contribution in [1.82, 2.24) is 14.9 Å². The van der Waals surface area contributed by atoms with Gasteiger partial charge < -0.3 is 19.4 Å². The van der Waals surface area contributed by atoms with Gasteiger partial charge in [-0.25, -0.2) is 4.98 Å². The fourth-order valence-corrected chi connectivity index (χ4v) is 5.02. The number of fused-ring (bicyclic) bond motifs is 1. The molecule has 0 bridgehead atoms. The van der Waals surface area contributed by atoms with Crippen molar-refractivity contribution < 1.29 is 14.3 Å². The van der Waals surface area contributed by atoms with E-state index < -0.39 is 0 Å². The molecule has 0 radical (unpaired) electrons. The molecular formula is C35H35N3O3. The molecule has 6 nitrogen and oxygen atoms in total. The van der Waals surface area contributed by atoms with Gasteiger partial charge in [0.2, 0.25) is 5.91 Å². The highest BCUT2D eigenvalue weighted by Crippen LogP contribution is 2.29. The van der Waals surface area contributed by atoms with Crippen LogP contribution < -0.4 is 14.8 Å². The van der Waals surface area contributed by atoms with Crippen molar-refractivity contribution in [2.24, 2.45) is 0 Å². The van der Waals surface area contributed by atoms with Gasteiger partial charge in [0, 0.05) is 0 Å². The average molecular weight is 546 g/mol. The molecule has 1 N–H and O–H groups in total. The van der Waals surface area contributed by atoms with Gasteiger partial charge in [-0.3, -0.25) is 4.79 Å². The second-order valence-electron chi connectivity index (χ2n) is 9.97. The van der Waals surface area contributed by atoms with E-state index in [9.17, 15) is 4.79 Å². The Bertz CT molecular complexity index is 1620. The summed E-state index contributed by atoms with van der Waals surface area (Å²) < 4.78 is 13.8. The van der Waals surface area contributed by atoms with Crippen molar-refractivity contribution in [3.05, 3.63) is 127 Å². The lowest BCUT2D eigenvalue weighted by Crippen LogP contribution is -2.30. The van der Waals surface area contributed by atoms with E-state index in [0.717, 1.165) is 45.5 Å². The monoisotopic (exact) mass is 545 g/mol. The van der Waals surface area contributed by atoms with E-state index in [4.69, 9.17) is 14.5 Å². The van der Waals surface area contributed by atoms with E-state index in [1.54, 1.807) is 7.11 Å². The molecule has 1 unspecified atom stereocenters. The average Bonchev–Trinajstić information content (AvgIpc) is 3.37. The number of amides is 1. The summed E-state index contributed by atoms with van der Waals surface area (Å²) in [6.07, 6.45) is 2.93. The first-order valence-corrected chi connectivity index (χ1v) is 13.8. The number of hydrogen-bond donors (Lipinski definition) is 1. The zero-order valence-corrected chi connectivity index (χ0v) is 23.5. The lowest BCUT2D eigenvalue weighted by atomic mass is 10.0. The Kier molecular flexibility index (Phi) is 8.79. The number of nitrogens with zero attached hydrogens (tertiary/aromatic N) is 2. The predicted octanol–water partition coefficient (Wildman–Crippen LogP) is 6.94. The van der Waals surface area contributed by atoms with Crippen LogP contribution in [0.5, 0.6) is 11.5 Å². The van der Waals surface area contributed by atoms with Gasteiger partial charge >= 0.3 is 0 Å². The number of benzene rings is 4. The Hall–Kier alpha value is -4.84. The lowest BCUT2D eigenvalue weighted by Gasteiger charge is -2.17. The molecule has 1 atom stereocenters. The largest absolute Gasteiger partial charge is 0.493 e. The van der Waals surface area contributed by atoms with Crippen LogP contribution in [0.3, 0.4) is 0 Å². The first-order valence-electron chi connectivity index (χ1n) is 13.8. The van der Waals surface area contributed by atoms with Gasteiger partial charge in [-0.2, -0.15) is 0 Å². The zero-order valence-electron chi connectivity index (χ0n) is 23.5. The summed E-state index contributed by atoms with van der Waals surface area (Å²) in [6, 6.07) is 32.0. The van der Waals surface area contributed by atoms with Gasteiger partial charge in [0.1, 0.15) is 12.4 Å². The zero-order chi connectivity index (χ0) is 28.6. The minimum Gasteiger partial charge on any atom is -0.493 e. The maximum absolute atomic E-state index is 13.0. The molecule has 0 aliphatic carbocycles. The molecule has 0 fully saturated rings. The smallest absolute Gasteiger partial charge is 0.224 e. The molecule has 5 aromatic rings. The Balaban J connectivity index is 1.26. The number of aromatic nitrogens is 2. The first-order chi connectivity index (χ1) is 20.1. The van der Waals surface area contributed by atoms with Crippen LogP contribution in [0, 0.1) is 0 Å². The quantitative estimate of drug-likeness (QED) is 0.173. The van der Waals surface area contributed by atoms with E-state index in [1.165, 1.54) is 0 Å². The van der Waals surface area contributed by atoms with Crippen molar-refractivity contribution in [2.45, 2.75) is 32.4 Å². The molecule has 0 saturated heterocycles. The number of nitrogens with one attached hydrogen (secondary N) is 1. The second kappa shape index (κ2) is 13.0. The molecule has 0 aliphatic rings. The third-order valence-corrected chi connectivity index (χ3v) is 7.06. The Morgan fingerprint density at radius 2 is 1.63 bits per heavy atom. The lowest BCUT2D eigenvalue weighted by molar-refractivity contribution is -0.121. The molecule has 4 aromatic carbocycles. The minimum atomic E-state index is -0.286. The fraction of sp³-hybridized carbons (Fsp3) is 0.200. The molecule has 6 heteroatoms. The number of carbonyl (C=O) groups is 1. The van der Waals surface area contributed by atoms with Gasteiger partial charge in [-0.1, -0.05) is 78.9 Å². The van der Waals surface area contributed by atoms with Crippen LogP contribution >= 0.6 is 0 Å². The molecule has 1 amide bonds. The van der Waals surface area contributed by atoms with E-state index in [2.05, 4.69) is 40.7 Å². The van der Waals surface area contributed by atoms with E-state index in [0.29, 0.717) is 31.1 Å². The van der Waals surface area contributed by atoms with Crippen LogP contribution in [-0.4, -0.2) is 29.2 Å². The van der Waals surface area contributed by atoms with Gasteiger partial charge in [0.15, 0.2) is 11.5 Å². The van der Waals surface area contributed by atoms with Gasteiger partial charge in [0.05, 0.1) is 37.2 Å². The van der Waals surface area contributed by atoms with Crippen molar-refractivity contribution in [1.29, 1.82) is 0 Å². The number of methoxy groups -OCH3 is 1. The van der Waals surface area contributed by atoms with Crippen LogP contribution in [0.25, 0.3) is 22.2 Å². The van der Waals surface area contributed by atoms with Crippen LogP contribution in [0.4, 0.5) is 0 Å². The molecule has 1 heterocycles. The van der Waals surface area contributed by atoms with Crippen molar-refractivity contribution in [3.63, 3.8) is 0 Å². The standard InChI is InChI=1S/C35H35N3O3/c1-4-10-26-17-20-32(33(23-26)40-3)41-22-21-38-31-14-9-8-13-30(31)37-35(38)25(2)36-34(39)24-27-15-18-29(19-16-27)28-11-6-5-7-12-28/h4-9,11-20,23,25H,1,10,21-22,24H2,2-3H3,(H,36,39). The van der Waals surface area contributed by atoms with E-state index >= 15 is 0 Å². The molecule has 208 valence electrons. The molecule has 0 spiro atoms. The number of ether oxygens (including phenoxy) is 2. The predicted molar refractivity (Wildman–Crippen MR) is 164 cm³/mol. The summed E-state index contributed by atoms with van der Waals surface area (Å²) in [4.78, 5) is 17.9. The van der Waals surface area contributed by atoms with Crippen molar-refractivity contribution in [2.75, 3.05) is 13.7 Å². The summed E-state index contributed by atoms with van der Waals surface area (Å²) in [5.74, 6) is 2.11. The highest BCUT2D eigenvalue weighted by atomic mass is 16.5. The van der Waals surface area contributed by atoms with Gasteiger partial charge in [-0.15, -0.1) is 6.58 Å². The third kappa shape index (κ3) is 6.67. The number of para-hydroxylation sites is 2. The number of allylic oxidation sites excluding steroid dienone is 1. The molecule has 0 aliphatic heterocycles. The van der Waals surface area contributed by atoms with Crippen LogP contribution in [0.2, 0.25) is 0 Å². The Labute approximate surface area is 241 Å². The Morgan fingerprint density at radius 3 is 2.39 bits per heavy atom. The highest BCUT2D eigenvalue weighted by Gasteiger charge is 2.19. The second-order valence-corrected chi connectivity index (χ2v) is 9.97. The van der Waals surface area contributed by atoms with Crippen LogP contribution in [0.15, 0.2) is 110 Å². The summed E-state index contributed by atoms with van der Waals surface area (Å²) in [7, 11) is 1.64. The highest BCUT2D eigenvalue weighted by molar-refractivity contribution is 5.80. The number of hydrogen-bond acceptors (Lipinski definition) is 4. The van der Waals surface area contributed by atoms with Crippen LogP contribution in [0.1, 0.15) is 29.9 Å². The summed E-state index contributed by atoms with van der Waals surface area (Å²) in [6.45, 7) is 6.75. The van der Waals surface area contributed by atoms with Crippen molar-refractivity contribution in [3.8, 4) is 22.6 Å². The minimum absolute atomic E-state index is 0.0517. The molecule has 5 rings (SSSR count). The molecule has 0 saturated carbocycles.